The van der Waals surface area contributed by atoms with Gasteiger partial charge in [0.05, 0.1) is 5.52 Å². The minimum atomic E-state index is 0. The van der Waals surface area contributed by atoms with Crippen molar-refractivity contribution in [3.63, 3.8) is 0 Å². The summed E-state index contributed by atoms with van der Waals surface area (Å²) in [6.45, 7) is 0. The van der Waals surface area contributed by atoms with Crippen molar-refractivity contribution in [2.75, 3.05) is 0 Å². The second kappa shape index (κ2) is 8.55. The van der Waals surface area contributed by atoms with Crippen LogP contribution in [0.5, 0.6) is 11.5 Å². The number of furan rings is 1. The molecule has 0 aliphatic carbocycles. The van der Waals surface area contributed by atoms with E-state index in [1.165, 1.54) is 0 Å². The van der Waals surface area contributed by atoms with Crippen LogP contribution in [0.15, 0.2) is 95.7 Å². The molecule has 37 heavy (non-hydrogen) atoms. The van der Waals surface area contributed by atoms with E-state index in [0.717, 1.165) is 59.1 Å². The fourth-order valence-corrected chi connectivity index (χ4v) is 5.90. The number of rotatable bonds is 3. The molecule has 178 valence electrons. The first-order valence-electron chi connectivity index (χ1n) is 11.5. The third-order valence-electron chi connectivity index (χ3n) is 6.40. The molecule has 0 amide bonds. The third-order valence-corrected chi connectivity index (χ3v) is 7.42. The number of hydrogen-bond acceptors (Lipinski definition) is 5. The zero-order chi connectivity index (χ0) is 23.6. The van der Waals surface area contributed by atoms with Gasteiger partial charge in [0.2, 0.25) is 0 Å². The summed E-state index contributed by atoms with van der Waals surface area (Å²) in [6.07, 6.45) is 3.60. The molecular formula is C30H15N3O2PtS. The van der Waals surface area contributed by atoms with E-state index in [1.54, 1.807) is 23.7 Å². The van der Waals surface area contributed by atoms with Gasteiger partial charge < -0.3 is 13.7 Å². The largest absolute Gasteiger partial charge is 2.00 e. The van der Waals surface area contributed by atoms with E-state index in [1.807, 2.05) is 54.6 Å². The molecule has 0 atom stereocenters. The normalized spacial score (nSPS) is 11.6. The van der Waals surface area contributed by atoms with Crippen molar-refractivity contribution < 1.29 is 30.2 Å². The Balaban J connectivity index is 0.00000231. The van der Waals surface area contributed by atoms with Crippen LogP contribution in [0.3, 0.4) is 0 Å². The first-order valence-corrected chi connectivity index (χ1v) is 12.3. The van der Waals surface area contributed by atoms with E-state index in [2.05, 4.69) is 50.9 Å². The number of thiophene rings is 1. The molecule has 0 bridgehead atoms. The summed E-state index contributed by atoms with van der Waals surface area (Å²) < 4.78 is 15.6. The minimum absolute atomic E-state index is 0. The fourth-order valence-electron chi connectivity index (χ4n) is 4.87. The average Bonchev–Trinajstić information content (AvgIpc) is 3.56. The van der Waals surface area contributed by atoms with Gasteiger partial charge in [-0.15, -0.1) is 28.9 Å². The predicted octanol–water partition coefficient (Wildman–Crippen LogP) is 8.08. The molecule has 0 saturated heterocycles. The maximum Gasteiger partial charge on any atom is 2.00 e. The molecule has 0 aliphatic rings. The molecule has 7 heteroatoms. The van der Waals surface area contributed by atoms with E-state index in [4.69, 9.17) is 9.15 Å². The van der Waals surface area contributed by atoms with Crippen molar-refractivity contribution in [1.82, 2.24) is 14.5 Å². The van der Waals surface area contributed by atoms with Crippen molar-refractivity contribution in [3.8, 4) is 17.3 Å². The van der Waals surface area contributed by atoms with Crippen molar-refractivity contribution in [1.29, 1.82) is 0 Å². The van der Waals surface area contributed by atoms with Crippen molar-refractivity contribution in [3.05, 3.63) is 103 Å². The zero-order valence-corrected chi connectivity index (χ0v) is 22.1. The van der Waals surface area contributed by atoms with Crippen LogP contribution in [0.4, 0.5) is 0 Å². The van der Waals surface area contributed by atoms with Gasteiger partial charge in [0.15, 0.2) is 0 Å². The monoisotopic (exact) mass is 676 g/mol. The van der Waals surface area contributed by atoms with Gasteiger partial charge in [0, 0.05) is 39.7 Å². The van der Waals surface area contributed by atoms with Crippen LogP contribution in [0.25, 0.3) is 59.1 Å². The van der Waals surface area contributed by atoms with Crippen molar-refractivity contribution in [2.45, 2.75) is 0 Å². The molecule has 5 heterocycles. The molecule has 0 unspecified atom stereocenters. The summed E-state index contributed by atoms with van der Waals surface area (Å²) in [5.41, 5.74) is 3.68. The number of para-hydroxylation sites is 1. The summed E-state index contributed by atoms with van der Waals surface area (Å²) in [7, 11) is 0. The van der Waals surface area contributed by atoms with Crippen LogP contribution in [-0.4, -0.2) is 14.5 Å². The van der Waals surface area contributed by atoms with Crippen LogP contribution in [-0.2, 0) is 21.1 Å². The summed E-state index contributed by atoms with van der Waals surface area (Å²) >= 11 is 1.60. The molecule has 3 aromatic carbocycles. The molecule has 5 nitrogen and oxygen atoms in total. The number of benzene rings is 3. The molecule has 0 saturated carbocycles. The predicted molar refractivity (Wildman–Crippen MR) is 143 cm³/mol. The third kappa shape index (κ3) is 3.40. The van der Waals surface area contributed by atoms with Crippen LogP contribution in [0.1, 0.15) is 0 Å². The number of aromatic nitrogens is 3. The second-order valence-electron chi connectivity index (χ2n) is 8.51. The average molecular weight is 677 g/mol. The van der Waals surface area contributed by atoms with E-state index in [-0.39, 0.29) is 21.1 Å². The Hall–Kier alpha value is -3.99. The molecular weight excluding hydrogens is 661 g/mol. The van der Waals surface area contributed by atoms with E-state index >= 15 is 0 Å². The first-order chi connectivity index (χ1) is 17.8. The molecule has 0 spiro atoms. The molecule has 8 aromatic rings. The number of nitrogens with zero attached hydrogens (tertiary/aromatic N) is 3. The maximum atomic E-state index is 6.28. The second-order valence-corrected chi connectivity index (χ2v) is 9.52. The van der Waals surface area contributed by atoms with Gasteiger partial charge in [-0.25, -0.2) is 4.98 Å². The molecule has 8 rings (SSSR count). The summed E-state index contributed by atoms with van der Waals surface area (Å²) in [6, 6.07) is 32.9. The molecule has 0 radical (unpaired) electrons. The Bertz CT molecular complexity index is 2090. The summed E-state index contributed by atoms with van der Waals surface area (Å²) in [4.78, 5) is 10.0. The Morgan fingerprint density at radius 2 is 1.62 bits per heavy atom. The van der Waals surface area contributed by atoms with Crippen molar-refractivity contribution in [2.24, 2.45) is 0 Å². The van der Waals surface area contributed by atoms with Gasteiger partial charge in [-0.3, -0.25) is 4.98 Å². The Morgan fingerprint density at radius 3 is 2.54 bits per heavy atom. The summed E-state index contributed by atoms with van der Waals surface area (Å²) in [5, 5.41) is 4.09. The van der Waals surface area contributed by atoms with Crippen LogP contribution in [0.2, 0.25) is 0 Å². The molecule has 0 fully saturated rings. The standard InChI is InChI=1S/C30H15N3O2S.Pt/c1-2-7-23-20(6-1)21-12-10-19(17-24(21)33(23)27-9-3-4-14-31-27)34-18-11-13-25-22(16-18)28-29-26(8-5-15-32-29)36-30(28)35-25;/h1-15H;/q-2;+2. The van der Waals surface area contributed by atoms with Crippen LogP contribution >= 0.6 is 11.3 Å². The maximum absolute atomic E-state index is 6.28. The van der Waals surface area contributed by atoms with E-state index in [0.29, 0.717) is 11.5 Å². The number of pyridine rings is 2. The molecule has 5 aromatic heterocycles. The Kier molecular flexibility index (Phi) is 5.13. The first kappa shape index (κ1) is 22.2. The van der Waals surface area contributed by atoms with Crippen LogP contribution in [0, 0.1) is 12.1 Å². The van der Waals surface area contributed by atoms with Gasteiger partial charge in [-0.1, -0.05) is 53.4 Å². The smallest absolute Gasteiger partial charge is 0.503 e. The van der Waals surface area contributed by atoms with Gasteiger partial charge in [0.25, 0.3) is 0 Å². The minimum Gasteiger partial charge on any atom is -0.503 e. The number of fused-ring (bicyclic) bond motifs is 8. The van der Waals surface area contributed by atoms with Gasteiger partial charge in [0.1, 0.15) is 10.7 Å². The van der Waals surface area contributed by atoms with Crippen molar-refractivity contribution >= 4 is 64.6 Å². The SMILES string of the molecule is [Pt+2].[c-]1c(Oc2[c-]c3c(cc2)c2ccccc2n3-c2ccccn2)ccc2oc3sc4cccnc4c3c12. The van der Waals surface area contributed by atoms with Gasteiger partial charge >= 0.3 is 21.1 Å². The molecule has 0 aliphatic heterocycles. The van der Waals surface area contributed by atoms with Crippen LogP contribution < -0.4 is 4.74 Å². The van der Waals surface area contributed by atoms with E-state index < -0.39 is 0 Å². The Morgan fingerprint density at radius 1 is 0.784 bits per heavy atom. The Labute approximate surface area is 229 Å². The topological polar surface area (TPSA) is 53.1 Å². The fraction of sp³-hybridized carbons (Fsp3) is 0. The number of ether oxygens (including phenoxy) is 1. The number of hydrogen-bond donors (Lipinski definition) is 0. The van der Waals surface area contributed by atoms with Gasteiger partial charge in [-0.2, -0.15) is 6.07 Å². The quantitative estimate of drug-likeness (QED) is 0.178. The van der Waals surface area contributed by atoms with E-state index in [9.17, 15) is 0 Å². The zero-order valence-electron chi connectivity index (χ0n) is 19.0. The summed E-state index contributed by atoms with van der Waals surface area (Å²) in [5.74, 6) is 2.03. The van der Waals surface area contributed by atoms with Gasteiger partial charge in [-0.05, 0) is 41.1 Å². The molecule has 0 N–H and O–H groups in total.